The van der Waals surface area contributed by atoms with Crippen LogP contribution in [-0.2, 0) is 71.0 Å². The first kappa shape index (κ1) is 57.0. The largest absolute Gasteiger partial charge is 0.756 e. The number of H-pyrrole nitrogens is 2. The Hall–Kier alpha value is -5.19. The molecule has 0 bridgehead atoms. The van der Waals surface area contributed by atoms with E-state index in [1.54, 1.807) is 0 Å². The molecule has 44 heteroatoms. The number of fused-ring (bicyclic) bond motifs is 3. The van der Waals surface area contributed by atoms with Crippen LogP contribution in [0.2, 0.25) is 0 Å². The highest BCUT2D eigenvalue weighted by atomic mass is 31.3. The molecule has 3 aliphatic heterocycles. The third kappa shape index (κ3) is 11.2. The lowest BCUT2D eigenvalue weighted by Gasteiger charge is -2.30. The lowest BCUT2D eigenvalue weighted by molar-refractivity contribution is -0.745. The van der Waals surface area contributed by atoms with Gasteiger partial charge in [-0.05, 0) is 0 Å². The van der Waals surface area contributed by atoms with Crippen molar-refractivity contribution in [2.24, 2.45) is 7.05 Å². The van der Waals surface area contributed by atoms with Crippen molar-refractivity contribution in [3.8, 4) is 0 Å². The number of phosphoric acid groups is 4. The third-order valence-corrected chi connectivity index (χ3v) is 16.7. The van der Waals surface area contributed by atoms with Gasteiger partial charge in [-0.2, -0.15) is 4.98 Å². The number of methoxy groups -OCH3 is 1. The molecule has 6 aromatic rings. The summed E-state index contributed by atoms with van der Waals surface area (Å²) in [5, 5.41) is 43.1. The molecule has 18 N–H and O–H groups in total. The van der Waals surface area contributed by atoms with E-state index in [1.165, 1.54) is 22.5 Å². The lowest BCUT2D eigenvalue weighted by Crippen LogP contribution is -2.46. The average Bonchev–Trinajstić information content (AvgIpc) is 4.17. The number of imidazole rings is 3. The molecule has 9 heterocycles. The Labute approximate surface area is 420 Å². The van der Waals surface area contributed by atoms with Gasteiger partial charge in [-0.3, -0.25) is 51.4 Å². The molecule has 76 heavy (non-hydrogen) atoms. The van der Waals surface area contributed by atoms with E-state index in [1.807, 2.05) is 0 Å². The number of phosphoric ester groups is 3. The summed E-state index contributed by atoms with van der Waals surface area (Å²) in [5.74, 6) is -0.747. The Morgan fingerprint density at radius 2 is 1.28 bits per heavy atom. The number of aromatic amines is 2. The Kier molecular flexibility index (Phi) is 15.9. The topological polar surface area (TPSA) is 604 Å². The SMILES string of the molecule is CO[C@@H]1[C@H](OP(=O)(O)OC[C@H]2O[C@@H](n3cnc4c(=O)[nH]c(N)nc43)[C@H](O)[C@@H]2O)[C@@H](COP(=O)([O-])OP(=O)(O)OP(=O)([O-])OC[C@H]2O[C@@H]([n+]3cn(C)c4c(=O)[nH]c(N)nc43)[C@H](O)[C@@H]2O)O[C@H]1n1cnc2c(N)ncnc21.[NH4+]. The maximum atomic E-state index is 13.7. The molecule has 4 unspecified atom stereocenters. The summed E-state index contributed by atoms with van der Waals surface area (Å²) in [7, 11) is -21.7. The smallest absolute Gasteiger partial charge is 0.485 e. The number of hydrogen-bond acceptors (Lipinski definition) is 31. The number of aromatic nitrogens is 12. The predicted molar refractivity (Wildman–Crippen MR) is 241 cm³/mol. The maximum absolute atomic E-state index is 13.7. The van der Waals surface area contributed by atoms with Crippen LogP contribution < -0.4 is 48.8 Å². The van der Waals surface area contributed by atoms with Crippen LogP contribution in [0.15, 0.2) is 34.9 Å². The van der Waals surface area contributed by atoms with E-state index in [2.05, 4.69) is 53.0 Å². The average molecular weight is 1160 g/mol. The number of hydrogen-bond donors (Lipinski definition) is 12. The Morgan fingerprint density at radius 3 is 1.95 bits per heavy atom. The fourth-order valence-corrected chi connectivity index (χ4v) is 12.7. The summed E-state index contributed by atoms with van der Waals surface area (Å²) in [6.07, 6.45) is -16.2. The fourth-order valence-electron chi connectivity index (χ4n) is 8.27. The Bertz CT molecular complexity index is 3470. The number of nitrogens with one attached hydrogen (secondary N) is 2. The summed E-state index contributed by atoms with van der Waals surface area (Å²) in [6.45, 7) is -3.57. The van der Waals surface area contributed by atoms with Gasteiger partial charge < -0.3 is 91.3 Å². The number of nitrogens with two attached hydrogens (primary N) is 3. The Morgan fingerprint density at radius 1 is 0.711 bits per heavy atom. The van der Waals surface area contributed by atoms with Crippen molar-refractivity contribution in [3.63, 3.8) is 0 Å². The fraction of sp³-hybridized carbons (Fsp3) is 0.531. The highest BCUT2D eigenvalue weighted by Gasteiger charge is 2.53. The minimum atomic E-state index is -6.33. The van der Waals surface area contributed by atoms with E-state index >= 15 is 0 Å². The highest BCUT2D eigenvalue weighted by molar-refractivity contribution is 7.66. The first-order chi connectivity index (χ1) is 35.2. The van der Waals surface area contributed by atoms with Crippen LogP contribution in [0, 0.1) is 0 Å². The number of nitrogens with zero attached hydrogens (tertiary/aromatic N) is 10. The van der Waals surface area contributed by atoms with Crippen molar-refractivity contribution < 1.29 is 108 Å². The monoisotopic (exact) mass is 1160 g/mol. The van der Waals surface area contributed by atoms with Crippen LogP contribution in [0.3, 0.4) is 0 Å². The molecule has 9 rings (SSSR count). The molecule has 3 saturated heterocycles. The van der Waals surface area contributed by atoms with Crippen molar-refractivity contribution in [2.45, 2.75) is 73.6 Å². The summed E-state index contributed by atoms with van der Waals surface area (Å²) in [4.78, 5) is 100. The van der Waals surface area contributed by atoms with Gasteiger partial charge in [0.15, 0.2) is 41.4 Å². The van der Waals surface area contributed by atoms with Gasteiger partial charge in [-0.15, -0.1) is 0 Å². The van der Waals surface area contributed by atoms with Crippen LogP contribution in [0.4, 0.5) is 17.7 Å². The van der Waals surface area contributed by atoms with Gasteiger partial charge in [0.1, 0.15) is 66.8 Å². The van der Waals surface area contributed by atoms with Crippen molar-refractivity contribution >= 4 is 82.5 Å². The van der Waals surface area contributed by atoms with Crippen molar-refractivity contribution in [1.82, 2.24) is 59.7 Å². The quantitative estimate of drug-likeness (QED) is 0.0266. The van der Waals surface area contributed by atoms with Crippen LogP contribution >= 0.6 is 31.3 Å². The van der Waals surface area contributed by atoms with Crippen molar-refractivity contribution in [3.05, 3.63) is 46.0 Å². The maximum Gasteiger partial charge on any atom is 0.485 e. The second-order valence-electron chi connectivity index (χ2n) is 16.4. The molecule has 418 valence electrons. The van der Waals surface area contributed by atoms with Gasteiger partial charge in [0.05, 0.1) is 39.5 Å². The zero-order valence-electron chi connectivity index (χ0n) is 38.9. The molecule has 0 aliphatic carbocycles. The predicted octanol–water partition coefficient (Wildman–Crippen LogP) is -5.60. The third-order valence-electron chi connectivity index (χ3n) is 11.5. The van der Waals surface area contributed by atoms with E-state index < -0.39 is 136 Å². The van der Waals surface area contributed by atoms with Gasteiger partial charge in [0.25, 0.3) is 32.7 Å². The molecule has 40 nitrogen and oxygen atoms in total. The van der Waals surface area contributed by atoms with Gasteiger partial charge >= 0.3 is 21.3 Å². The molecule has 3 aliphatic rings. The molecule has 0 saturated carbocycles. The lowest BCUT2D eigenvalue weighted by atomic mass is 10.1. The van der Waals surface area contributed by atoms with Crippen LogP contribution in [-0.4, -0.2) is 166 Å². The number of aryl methyl sites for hydroxylation is 1. The minimum Gasteiger partial charge on any atom is -0.756 e. The van der Waals surface area contributed by atoms with Crippen LogP contribution in [0.1, 0.15) is 18.7 Å². The van der Waals surface area contributed by atoms with E-state index in [-0.39, 0.29) is 57.4 Å². The second-order valence-corrected chi connectivity index (χ2v) is 22.4. The first-order valence-electron chi connectivity index (χ1n) is 21.1. The molecule has 0 radical (unpaired) electrons. The summed E-state index contributed by atoms with van der Waals surface area (Å²) < 4.78 is 108. The van der Waals surface area contributed by atoms with E-state index in [0.29, 0.717) is 0 Å². The van der Waals surface area contributed by atoms with Crippen molar-refractivity contribution in [1.29, 1.82) is 0 Å². The van der Waals surface area contributed by atoms with E-state index in [4.69, 9.17) is 49.7 Å². The molecule has 16 atom stereocenters. The normalized spacial score (nSPS) is 30.1. The second kappa shape index (κ2) is 21.2. The van der Waals surface area contributed by atoms with Gasteiger partial charge in [0.2, 0.25) is 17.7 Å². The molecule has 0 amide bonds. The number of quaternary nitrogens is 1. The molecule has 0 spiro atoms. The Balaban J connectivity index is 0.00000765. The summed E-state index contributed by atoms with van der Waals surface area (Å²) >= 11 is 0. The zero-order chi connectivity index (χ0) is 54.3. The number of nitrogen functional groups attached to an aromatic ring is 3. The standard InChI is InChI=1S/C32H43N15O24P4.H3N/c1-44-9-47(25-15(44)27(53)43-32(35)41-25)29-19(51)17(49)11(67-29)4-64-73(56,57)70-75(60,61)71-74(58,59)65-5-12-20(21(62-2)30(68-12)45-7-38-13-22(33)36-6-37-23(13)45)69-72(54,55)63-3-10-16(48)18(50)28(66-10)46-8-39-14-24(46)40-31(34)42-26(14)52;/h6-12,16-21,28-30,48-51H,3-5H2,1-2H3,(H11-,33,34,35,36,37,40,41,42,43,52,53,54,55,56,57,58,59,60,61);1H3/t10-,11-,12-,16-,17-,18-,19-,20-,21-,28-,29-,30-;/m1./s1. The minimum absolute atomic E-state index is 0. The molecule has 6 aromatic heterocycles. The first-order valence-corrected chi connectivity index (χ1v) is 27.0. The molecule has 0 aromatic carbocycles. The number of aliphatic hydroxyl groups is 4. The molecular weight excluding hydrogens is 1120 g/mol. The zero-order valence-corrected chi connectivity index (χ0v) is 42.5. The molecular formula is C32H46N16O24P4. The van der Waals surface area contributed by atoms with Gasteiger partial charge in [-0.1, -0.05) is 4.98 Å². The number of aliphatic hydroxyl groups excluding tert-OH is 4. The van der Waals surface area contributed by atoms with Gasteiger partial charge in [0, 0.05) is 7.11 Å². The van der Waals surface area contributed by atoms with E-state index in [9.17, 15) is 67.8 Å². The summed E-state index contributed by atoms with van der Waals surface area (Å²) in [5.41, 5.74) is 15.3. The van der Waals surface area contributed by atoms with Crippen LogP contribution in [0.5, 0.6) is 0 Å². The number of anilines is 3. The number of ether oxygens (including phenoxy) is 4. The summed E-state index contributed by atoms with van der Waals surface area (Å²) in [6, 6.07) is 0. The molecule has 3 fully saturated rings. The number of rotatable bonds is 19. The van der Waals surface area contributed by atoms with Crippen molar-refractivity contribution in [2.75, 3.05) is 44.1 Å². The van der Waals surface area contributed by atoms with E-state index in [0.717, 1.165) is 35.2 Å². The van der Waals surface area contributed by atoms with Crippen LogP contribution in [0.25, 0.3) is 33.5 Å². The van der Waals surface area contributed by atoms with Gasteiger partial charge in [-0.25, -0.2) is 42.3 Å². The highest BCUT2D eigenvalue weighted by Crippen LogP contribution is 2.65.